The van der Waals surface area contributed by atoms with E-state index in [2.05, 4.69) is 43.0 Å². The number of nitrogens with two attached hydrogens (primary N) is 1. The first kappa shape index (κ1) is 13.1. The molecule has 1 aromatic rings. The largest absolute Gasteiger partial charge is 0.369 e. The van der Waals surface area contributed by atoms with Crippen molar-refractivity contribution < 1.29 is 4.79 Å². The van der Waals surface area contributed by atoms with Gasteiger partial charge in [0.15, 0.2) is 0 Å². The smallest absolute Gasteiger partial charge is 0.220 e. The summed E-state index contributed by atoms with van der Waals surface area (Å²) < 4.78 is 0. The van der Waals surface area contributed by atoms with Gasteiger partial charge in [0.2, 0.25) is 5.91 Å². The maximum absolute atomic E-state index is 11.3. The molecule has 1 saturated carbocycles. The van der Waals surface area contributed by atoms with Crippen LogP contribution in [-0.4, -0.2) is 23.9 Å². The molecule has 0 heterocycles. The molecule has 1 aliphatic rings. The van der Waals surface area contributed by atoms with Gasteiger partial charge in [-0.3, -0.25) is 9.69 Å². The lowest BCUT2D eigenvalue weighted by Crippen LogP contribution is -2.31. The van der Waals surface area contributed by atoms with E-state index in [-0.39, 0.29) is 11.8 Å². The van der Waals surface area contributed by atoms with Crippen LogP contribution in [0.5, 0.6) is 0 Å². The number of carbonyl (C=O) groups is 1. The molecule has 3 atom stereocenters. The monoisotopic (exact) mass is 246 g/mol. The first-order valence-corrected chi connectivity index (χ1v) is 6.77. The first-order valence-electron chi connectivity index (χ1n) is 6.77. The van der Waals surface area contributed by atoms with Crippen LogP contribution in [0.4, 0.5) is 0 Å². The molecule has 18 heavy (non-hydrogen) atoms. The van der Waals surface area contributed by atoms with E-state index in [9.17, 15) is 4.79 Å². The van der Waals surface area contributed by atoms with Crippen LogP contribution in [0.1, 0.15) is 31.9 Å². The molecule has 0 saturated heterocycles. The van der Waals surface area contributed by atoms with Crippen molar-refractivity contribution in [3.63, 3.8) is 0 Å². The van der Waals surface area contributed by atoms with Crippen LogP contribution in [0, 0.1) is 11.8 Å². The molecule has 1 amide bonds. The van der Waals surface area contributed by atoms with E-state index in [4.69, 9.17) is 5.73 Å². The molecule has 1 fully saturated rings. The highest BCUT2D eigenvalue weighted by Gasteiger charge is 2.48. The maximum atomic E-state index is 11.3. The van der Waals surface area contributed by atoms with E-state index < -0.39 is 0 Å². The molecule has 1 aliphatic carbocycles. The Balaban J connectivity index is 2.22. The van der Waals surface area contributed by atoms with E-state index in [1.807, 2.05) is 6.07 Å². The van der Waals surface area contributed by atoms with E-state index in [0.29, 0.717) is 12.0 Å². The van der Waals surface area contributed by atoms with Crippen molar-refractivity contribution in [3.05, 3.63) is 35.9 Å². The molecular formula is C15H22N2O. The Morgan fingerprint density at radius 1 is 1.33 bits per heavy atom. The molecule has 0 aliphatic heterocycles. The summed E-state index contributed by atoms with van der Waals surface area (Å²) in [7, 11) is 0. The van der Waals surface area contributed by atoms with E-state index in [1.165, 1.54) is 5.56 Å². The number of hydrogen-bond acceptors (Lipinski definition) is 2. The maximum Gasteiger partial charge on any atom is 0.220 e. The molecule has 3 nitrogen and oxygen atoms in total. The lowest BCUT2D eigenvalue weighted by Gasteiger charge is -2.30. The zero-order valence-corrected chi connectivity index (χ0v) is 11.2. The summed E-state index contributed by atoms with van der Waals surface area (Å²) in [5, 5.41) is 0. The second-order valence-electron chi connectivity index (χ2n) is 4.99. The Morgan fingerprint density at radius 2 is 1.94 bits per heavy atom. The lowest BCUT2D eigenvalue weighted by molar-refractivity contribution is -0.119. The van der Waals surface area contributed by atoms with Crippen LogP contribution in [0.3, 0.4) is 0 Å². The van der Waals surface area contributed by atoms with Gasteiger partial charge >= 0.3 is 0 Å². The Hall–Kier alpha value is -1.35. The van der Waals surface area contributed by atoms with Gasteiger partial charge < -0.3 is 5.73 Å². The second kappa shape index (κ2) is 5.53. The number of primary amides is 1. The second-order valence-corrected chi connectivity index (χ2v) is 4.99. The van der Waals surface area contributed by atoms with E-state index in [0.717, 1.165) is 19.5 Å². The SMILES string of the molecule is CCN(CC)C(c1ccccc1)C1CC1C(N)=O. The highest BCUT2D eigenvalue weighted by Crippen LogP contribution is 2.49. The van der Waals surface area contributed by atoms with Crippen molar-refractivity contribution in [2.24, 2.45) is 17.6 Å². The van der Waals surface area contributed by atoms with Crippen molar-refractivity contribution in [1.29, 1.82) is 0 Å². The molecule has 0 bridgehead atoms. The molecule has 3 unspecified atom stereocenters. The summed E-state index contributed by atoms with van der Waals surface area (Å²) >= 11 is 0. The van der Waals surface area contributed by atoms with Crippen molar-refractivity contribution in [2.75, 3.05) is 13.1 Å². The minimum Gasteiger partial charge on any atom is -0.369 e. The van der Waals surface area contributed by atoms with Crippen LogP contribution in [-0.2, 0) is 4.79 Å². The fourth-order valence-corrected chi connectivity index (χ4v) is 2.89. The quantitative estimate of drug-likeness (QED) is 0.836. The van der Waals surface area contributed by atoms with Gasteiger partial charge in [-0.15, -0.1) is 0 Å². The highest BCUT2D eigenvalue weighted by atomic mass is 16.1. The normalized spacial score (nSPS) is 23.9. The van der Waals surface area contributed by atoms with Crippen molar-refractivity contribution in [1.82, 2.24) is 4.90 Å². The topological polar surface area (TPSA) is 46.3 Å². The number of amides is 1. The summed E-state index contributed by atoms with van der Waals surface area (Å²) in [6.07, 6.45) is 0.936. The lowest BCUT2D eigenvalue weighted by atomic mass is 9.99. The zero-order chi connectivity index (χ0) is 13.1. The fourth-order valence-electron chi connectivity index (χ4n) is 2.89. The summed E-state index contributed by atoms with van der Waals surface area (Å²) in [5.74, 6) is 0.314. The zero-order valence-electron chi connectivity index (χ0n) is 11.2. The van der Waals surface area contributed by atoms with Crippen molar-refractivity contribution in [3.8, 4) is 0 Å². The van der Waals surface area contributed by atoms with Gasteiger partial charge in [-0.25, -0.2) is 0 Å². The van der Waals surface area contributed by atoms with E-state index in [1.54, 1.807) is 0 Å². The molecule has 0 radical (unpaired) electrons. The fraction of sp³-hybridized carbons (Fsp3) is 0.533. The third-order valence-corrected chi connectivity index (χ3v) is 3.96. The van der Waals surface area contributed by atoms with Crippen LogP contribution in [0.2, 0.25) is 0 Å². The Labute approximate surface area is 109 Å². The van der Waals surface area contributed by atoms with Crippen LogP contribution >= 0.6 is 0 Å². The average molecular weight is 246 g/mol. The Bertz CT molecular complexity index is 400. The molecule has 98 valence electrons. The van der Waals surface area contributed by atoms with Gasteiger partial charge in [0.1, 0.15) is 0 Å². The molecule has 3 heteroatoms. The number of carbonyl (C=O) groups excluding carboxylic acids is 1. The van der Waals surface area contributed by atoms with Crippen LogP contribution in [0.15, 0.2) is 30.3 Å². The summed E-state index contributed by atoms with van der Waals surface area (Å²) in [4.78, 5) is 13.7. The molecule has 2 N–H and O–H groups in total. The summed E-state index contributed by atoms with van der Waals surface area (Å²) in [6, 6.07) is 10.8. The third-order valence-electron chi connectivity index (χ3n) is 3.96. The number of rotatable bonds is 6. The van der Waals surface area contributed by atoms with Crippen molar-refractivity contribution >= 4 is 5.91 Å². The number of benzene rings is 1. The Morgan fingerprint density at radius 3 is 2.39 bits per heavy atom. The van der Waals surface area contributed by atoms with Crippen LogP contribution in [0.25, 0.3) is 0 Å². The summed E-state index contributed by atoms with van der Waals surface area (Å²) in [5.41, 5.74) is 6.73. The number of hydrogen-bond donors (Lipinski definition) is 1. The van der Waals surface area contributed by atoms with Crippen molar-refractivity contribution in [2.45, 2.75) is 26.3 Å². The van der Waals surface area contributed by atoms with Gasteiger partial charge in [-0.1, -0.05) is 44.2 Å². The van der Waals surface area contributed by atoms with Gasteiger partial charge in [-0.05, 0) is 31.0 Å². The molecule has 2 rings (SSSR count). The van der Waals surface area contributed by atoms with Crippen LogP contribution < -0.4 is 5.73 Å². The first-order chi connectivity index (χ1) is 8.69. The highest BCUT2D eigenvalue weighted by molar-refractivity contribution is 5.79. The minimum atomic E-state index is -0.145. The third kappa shape index (κ3) is 2.56. The molecular weight excluding hydrogens is 224 g/mol. The van der Waals surface area contributed by atoms with E-state index >= 15 is 0 Å². The number of nitrogens with zero attached hydrogens (tertiary/aromatic N) is 1. The van der Waals surface area contributed by atoms with Gasteiger partial charge in [0.05, 0.1) is 0 Å². The average Bonchev–Trinajstić information content (AvgIpc) is 3.17. The summed E-state index contributed by atoms with van der Waals surface area (Å²) in [6.45, 7) is 6.33. The minimum absolute atomic E-state index is 0.0656. The van der Waals surface area contributed by atoms with Gasteiger partial charge in [0.25, 0.3) is 0 Å². The van der Waals surface area contributed by atoms with Gasteiger partial charge in [0, 0.05) is 12.0 Å². The standard InChI is InChI=1S/C15H22N2O/c1-3-17(4-2)14(11-8-6-5-7-9-11)12-10-13(12)15(16)18/h5-9,12-14H,3-4,10H2,1-2H3,(H2,16,18). The Kier molecular flexibility index (Phi) is 4.02. The predicted octanol–water partition coefficient (Wildman–Crippen LogP) is 2.19. The predicted molar refractivity (Wildman–Crippen MR) is 72.9 cm³/mol. The molecule has 0 aromatic heterocycles. The molecule has 1 aromatic carbocycles. The van der Waals surface area contributed by atoms with Gasteiger partial charge in [-0.2, -0.15) is 0 Å². The molecule has 0 spiro atoms.